The summed E-state index contributed by atoms with van der Waals surface area (Å²) in [4.78, 5) is 26.0. The molecule has 0 saturated heterocycles. The molecule has 0 aromatic carbocycles. The average Bonchev–Trinajstić information content (AvgIpc) is 3.23. The van der Waals surface area contributed by atoms with Crippen LogP contribution in [0.25, 0.3) is 15.7 Å². The van der Waals surface area contributed by atoms with Crippen molar-refractivity contribution >= 4 is 33.0 Å². The number of hydrogen-bond donors (Lipinski definition) is 1. The van der Waals surface area contributed by atoms with E-state index in [1.807, 2.05) is 35.8 Å². The van der Waals surface area contributed by atoms with E-state index < -0.39 is 6.04 Å². The molecule has 1 atom stereocenters. The molecule has 7 heteroatoms. The van der Waals surface area contributed by atoms with E-state index in [1.54, 1.807) is 11.3 Å². The molecule has 1 amide bonds. The fraction of sp³-hybridized carbons (Fsp3) is 0.550. The summed E-state index contributed by atoms with van der Waals surface area (Å²) in [6.45, 7) is 6.07. The lowest BCUT2D eigenvalue weighted by atomic mass is 9.87. The van der Waals surface area contributed by atoms with Crippen molar-refractivity contribution in [2.75, 3.05) is 0 Å². The minimum absolute atomic E-state index is 0.0937. The summed E-state index contributed by atoms with van der Waals surface area (Å²) < 4.78 is 4.33. The summed E-state index contributed by atoms with van der Waals surface area (Å²) in [5.41, 5.74) is 1.38. The fourth-order valence-electron chi connectivity index (χ4n) is 4.18. The highest BCUT2D eigenvalue weighted by atomic mass is 32.1. The number of carbonyl (C=O) groups is 1. The number of nitrogens with one attached hydrogen (secondary N) is 1. The van der Waals surface area contributed by atoms with Gasteiger partial charge in [-0.25, -0.2) is 4.68 Å². The third-order valence-corrected chi connectivity index (χ3v) is 6.63. The lowest BCUT2D eigenvalue weighted by Gasteiger charge is -2.28. The van der Waals surface area contributed by atoms with Gasteiger partial charge in [-0.3, -0.25) is 14.0 Å². The molecule has 6 nitrogen and oxygen atoms in total. The zero-order chi connectivity index (χ0) is 19.1. The van der Waals surface area contributed by atoms with Gasteiger partial charge in [0.2, 0.25) is 5.91 Å². The number of fused-ring (bicyclic) bond motifs is 3. The zero-order valence-corrected chi connectivity index (χ0v) is 16.9. The van der Waals surface area contributed by atoms with Gasteiger partial charge < -0.3 is 5.32 Å². The van der Waals surface area contributed by atoms with Crippen LogP contribution in [0, 0.1) is 12.8 Å². The van der Waals surface area contributed by atoms with Crippen LogP contribution in [-0.2, 0) is 4.79 Å². The van der Waals surface area contributed by atoms with Crippen LogP contribution in [0.15, 0.2) is 22.3 Å². The van der Waals surface area contributed by atoms with Crippen LogP contribution in [0.1, 0.15) is 57.8 Å². The Morgan fingerprint density at radius 3 is 2.78 bits per heavy atom. The average molecular weight is 387 g/mol. The van der Waals surface area contributed by atoms with Crippen molar-refractivity contribution in [1.82, 2.24) is 19.5 Å². The van der Waals surface area contributed by atoms with Crippen LogP contribution >= 0.6 is 11.3 Å². The molecular weight excluding hydrogens is 360 g/mol. The third-order valence-electron chi connectivity index (χ3n) is 5.77. The Hall–Kier alpha value is -2.15. The topological polar surface area (TPSA) is 68.4 Å². The predicted octanol–water partition coefficient (Wildman–Crippen LogP) is 3.67. The highest BCUT2D eigenvalue weighted by molar-refractivity contribution is 7.17. The number of amides is 1. The Morgan fingerprint density at radius 1 is 1.33 bits per heavy atom. The molecule has 144 valence electrons. The maximum absolute atomic E-state index is 13.1. The first-order chi connectivity index (χ1) is 13.0. The van der Waals surface area contributed by atoms with Gasteiger partial charge in [0.25, 0.3) is 5.56 Å². The molecule has 3 aromatic heterocycles. The van der Waals surface area contributed by atoms with Crippen molar-refractivity contribution in [1.29, 1.82) is 0 Å². The molecule has 1 aliphatic carbocycles. The van der Waals surface area contributed by atoms with Crippen LogP contribution < -0.4 is 10.9 Å². The normalized spacial score (nSPS) is 21.6. The Balaban J connectivity index is 1.67. The van der Waals surface area contributed by atoms with Crippen LogP contribution in [0.5, 0.6) is 0 Å². The number of nitrogens with zero attached hydrogens (tertiary/aromatic N) is 3. The third kappa shape index (κ3) is 3.18. The Labute approximate surface area is 162 Å². The second-order valence-electron chi connectivity index (χ2n) is 7.72. The second kappa shape index (κ2) is 7.11. The molecule has 3 heterocycles. The number of thiophene rings is 1. The molecule has 1 fully saturated rings. The monoisotopic (exact) mass is 386 g/mol. The predicted molar refractivity (Wildman–Crippen MR) is 108 cm³/mol. The minimum atomic E-state index is -0.575. The lowest BCUT2D eigenvalue weighted by molar-refractivity contribution is -0.125. The van der Waals surface area contributed by atoms with Gasteiger partial charge in [-0.1, -0.05) is 13.8 Å². The molecule has 0 aliphatic heterocycles. The maximum atomic E-state index is 13.1. The SMILES string of the molecule is CCC(C(=O)NC1CCC(C)CC1)n1nc(C)n2c(cc3sccc32)c1=O. The zero-order valence-electron chi connectivity index (χ0n) is 16.1. The van der Waals surface area contributed by atoms with E-state index in [0.29, 0.717) is 11.9 Å². The van der Waals surface area contributed by atoms with E-state index in [9.17, 15) is 9.59 Å². The molecule has 0 bridgehead atoms. The Kier molecular flexibility index (Phi) is 4.80. The first-order valence-corrected chi connectivity index (χ1v) is 10.7. The number of carbonyl (C=O) groups excluding carboxylic acids is 1. The molecular formula is C20H26N4O2S. The van der Waals surface area contributed by atoms with Gasteiger partial charge in [-0.05, 0) is 62.5 Å². The van der Waals surface area contributed by atoms with Gasteiger partial charge in [0.05, 0.1) is 10.2 Å². The smallest absolute Gasteiger partial charge is 0.291 e. The second-order valence-corrected chi connectivity index (χ2v) is 8.67. The lowest BCUT2D eigenvalue weighted by Crippen LogP contribution is -2.44. The van der Waals surface area contributed by atoms with Crippen LogP contribution in [0.3, 0.4) is 0 Å². The molecule has 4 rings (SSSR count). The van der Waals surface area contributed by atoms with Gasteiger partial charge >= 0.3 is 0 Å². The highest BCUT2D eigenvalue weighted by Gasteiger charge is 2.27. The number of aryl methyl sites for hydroxylation is 1. The summed E-state index contributed by atoms with van der Waals surface area (Å²) >= 11 is 1.60. The van der Waals surface area contributed by atoms with Crippen molar-refractivity contribution in [3.05, 3.63) is 33.7 Å². The molecule has 1 saturated carbocycles. The van der Waals surface area contributed by atoms with E-state index in [1.165, 1.54) is 4.68 Å². The summed E-state index contributed by atoms with van der Waals surface area (Å²) in [6, 6.07) is 3.54. The first kappa shape index (κ1) is 18.2. The molecule has 3 aromatic rings. The molecule has 27 heavy (non-hydrogen) atoms. The van der Waals surface area contributed by atoms with Gasteiger partial charge in [-0.15, -0.1) is 11.3 Å². The highest BCUT2D eigenvalue weighted by Crippen LogP contribution is 2.26. The van der Waals surface area contributed by atoms with Crippen LogP contribution in [-0.4, -0.2) is 26.1 Å². The van der Waals surface area contributed by atoms with Gasteiger partial charge in [-0.2, -0.15) is 5.10 Å². The summed E-state index contributed by atoms with van der Waals surface area (Å²) in [7, 11) is 0. The standard InChI is InChI=1S/C20H26N4O2S/c1-4-15(19(25)21-14-7-5-12(2)6-8-14)24-20(26)17-11-18-16(9-10-27-18)23(17)13(3)22-24/h9-12,14-15H,4-8H2,1-3H3,(H,21,25). The van der Waals surface area contributed by atoms with Crippen molar-refractivity contribution in [3.8, 4) is 0 Å². The largest absolute Gasteiger partial charge is 0.352 e. The number of hydrogen-bond acceptors (Lipinski definition) is 4. The van der Waals surface area contributed by atoms with E-state index in [-0.39, 0.29) is 17.5 Å². The van der Waals surface area contributed by atoms with E-state index in [4.69, 9.17) is 0 Å². The number of aromatic nitrogens is 3. The minimum Gasteiger partial charge on any atom is -0.352 e. The van der Waals surface area contributed by atoms with Crippen molar-refractivity contribution in [2.45, 2.75) is 65.0 Å². The summed E-state index contributed by atoms with van der Waals surface area (Å²) in [5.74, 6) is 1.36. The first-order valence-electron chi connectivity index (χ1n) is 9.78. The molecule has 1 unspecified atom stereocenters. The van der Waals surface area contributed by atoms with E-state index >= 15 is 0 Å². The van der Waals surface area contributed by atoms with Crippen LogP contribution in [0.4, 0.5) is 0 Å². The van der Waals surface area contributed by atoms with Crippen molar-refractivity contribution in [3.63, 3.8) is 0 Å². The Bertz CT molecular complexity index is 1040. The van der Waals surface area contributed by atoms with Gasteiger partial charge in [0, 0.05) is 6.04 Å². The summed E-state index contributed by atoms with van der Waals surface area (Å²) in [6.07, 6.45) is 4.85. The fourth-order valence-corrected chi connectivity index (χ4v) is 4.98. The number of rotatable bonds is 4. The van der Waals surface area contributed by atoms with Gasteiger partial charge in [0.1, 0.15) is 17.4 Å². The molecule has 0 radical (unpaired) electrons. The van der Waals surface area contributed by atoms with E-state index in [2.05, 4.69) is 17.3 Å². The molecule has 1 N–H and O–H groups in total. The maximum Gasteiger partial charge on any atom is 0.291 e. The van der Waals surface area contributed by atoms with Crippen molar-refractivity contribution in [2.24, 2.45) is 5.92 Å². The summed E-state index contributed by atoms with van der Waals surface area (Å²) in [5, 5.41) is 9.68. The molecule has 1 aliphatic rings. The van der Waals surface area contributed by atoms with Crippen LogP contribution in [0.2, 0.25) is 0 Å². The quantitative estimate of drug-likeness (QED) is 0.744. The molecule has 0 spiro atoms. The Morgan fingerprint density at radius 2 is 2.07 bits per heavy atom. The van der Waals surface area contributed by atoms with Gasteiger partial charge in [0.15, 0.2) is 0 Å². The van der Waals surface area contributed by atoms with E-state index in [0.717, 1.165) is 47.6 Å². The van der Waals surface area contributed by atoms with Crippen molar-refractivity contribution < 1.29 is 4.79 Å².